The van der Waals surface area contributed by atoms with E-state index in [-0.39, 0.29) is 4.90 Å². The van der Waals surface area contributed by atoms with Gasteiger partial charge in [-0.3, -0.25) is 4.68 Å². The molecule has 3 unspecified atom stereocenters. The van der Waals surface area contributed by atoms with Crippen LogP contribution in [0.4, 0.5) is 0 Å². The number of aromatic nitrogens is 2. The summed E-state index contributed by atoms with van der Waals surface area (Å²) in [6, 6.07) is 0. The van der Waals surface area contributed by atoms with Gasteiger partial charge in [0, 0.05) is 19.3 Å². The van der Waals surface area contributed by atoms with E-state index in [0.717, 1.165) is 18.4 Å². The molecular formula is C14H24N4O2S. The fourth-order valence-corrected chi connectivity index (χ4v) is 4.81. The quantitative estimate of drug-likeness (QED) is 0.781. The minimum atomic E-state index is -3.42. The third-order valence-corrected chi connectivity index (χ3v) is 6.31. The van der Waals surface area contributed by atoms with Gasteiger partial charge in [0.05, 0.1) is 12.7 Å². The van der Waals surface area contributed by atoms with Gasteiger partial charge < -0.3 is 5.32 Å². The molecule has 0 saturated heterocycles. The average molecular weight is 312 g/mol. The summed E-state index contributed by atoms with van der Waals surface area (Å²) in [6.07, 6.45) is 8.13. The molecule has 2 bridgehead atoms. The highest BCUT2D eigenvalue weighted by atomic mass is 32.2. The van der Waals surface area contributed by atoms with E-state index in [2.05, 4.69) is 15.1 Å². The second-order valence-corrected chi connectivity index (χ2v) is 8.10. The van der Waals surface area contributed by atoms with E-state index in [1.807, 2.05) is 7.05 Å². The molecule has 7 heteroatoms. The zero-order chi connectivity index (χ0) is 14.9. The molecule has 2 fully saturated rings. The zero-order valence-corrected chi connectivity index (χ0v) is 13.3. The van der Waals surface area contributed by atoms with Crippen LogP contribution in [0.3, 0.4) is 0 Å². The number of likely N-dealkylation sites (N-methyl/N-ethyl adjacent to an activating group) is 1. The van der Waals surface area contributed by atoms with Gasteiger partial charge in [0.15, 0.2) is 0 Å². The first-order chi connectivity index (χ1) is 10.1. The fourth-order valence-electron chi connectivity index (χ4n) is 3.76. The largest absolute Gasteiger partial charge is 0.318 e. The lowest BCUT2D eigenvalue weighted by atomic mass is 9.89. The van der Waals surface area contributed by atoms with Gasteiger partial charge in [-0.15, -0.1) is 0 Å². The van der Waals surface area contributed by atoms with Crippen LogP contribution in [0.15, 0.2) is 17.3 Å². The molecule has 1 heterocycles. The van der Waals surface area contributed by atoms with E-state index in [1.54, 1.807) is 10.9 Å². The van der Waals surface area contributed by atoms with Crippen LogP contribution in [0.1, 0.15) is 25.7 Å². The third-order valence-electron chi connectivity index (χ3n) is 4.93. The molecule has 2 N–H and O–H groups in total. The zero-order valence-electron chi connectivity index (χ0n) is 12.5. The van der Waals surface area contributed by atoms with E-state index < -0.39 is 10.0 Å². The van der Waals surface area contributed by atoms with Crippen molar-refractivity contribution in [3.05, 3.63) is 12.4 Å². The predicted molar refractivity (Wildman–Crippen MR) is 80.3 cm³/mol. The Morgan fingerprint density at radius 3 is 2.90 bits per heavy atom. The van der Waals surface area contributed by atoms with Crippen molar-refractivity contribution in [3.63, 3.8) is 0 Å². The number of hydrogen-bond acceptors (Lipinski definition) is 4. The molecule has 0 aromatic carbocycles. The van der Waals surface area contributed by atoms with Crippen LogP contribution < -0.4 is 10.0 Å². The van der Waals surface area contributed by atoms with Crippen molar-refractivity contribution in [2.45, 2.75) is 37.1 Å². The summed E-state index contributed by atoms with van der Waals surface area (Å²) >= 11 is 0. The van der Waals surface area contributed by atoms with Crippen molar-refractivity contribution in [1.29, 1.82) is 0 Å². The SMILES string of the molecule is CNCCn1cc(S(=O)(=O)NCC2CC3CCC2C3)cn1. The van der Waals surface area contributed by atoms with Crippen LogP contribution in [0, 0.1) is 17.8 Å². The normalized spacial score (nSPS) is 28.3. The number of nitrogens with one attached hydrogen (secondary N) is 2. The molecule has 3 atom stereocenters. The second kappa shape index (κ2) is 6.06. The number of rotatable bonds is 7. The summed E-state index contributed by atoms with van der Waals surface area (Å²) in [7, 11) is -1.56. The highest BCUT2D eigenvalue weighted by Gasteiger charge is 2.39. The minimum Gasteiger partial charge on any atom is -0.318 e. The fraction of sp³-hybridized carbons (Fsp3) is 0.786. The highest BCUT2D eigenvalue weighted by molar-refractivity contribution is 7.89. The Morgan fingerprint density at radius 2 is 2.24 bits per heavy atom. The smallest absolute Gasteiger partial charge is 0.243 e. The maximum absolute atomic E-state index is 12.3. The first-order valence-electron chi connectivity index (χ1n) is 7.75. The maximum atomic E-state index is 12.3. The van der Waals surface area contributed by atoms with Crippen molar-refractivity contribution in [3.8, 4) is 0 Å². The van der Waals surface area contributed by atoms with Crippen LogP contribution in [-0.2, 0) is 16.6 Å². The number of sulfonamides is 1. The van der Waals surface area contributed by atoms with Crippen LogP contribution in [0.25, 0.3) is 0 Å². The molecular weight excluding hydrogens is 288 g/mol. The number of nitrogens with zero attached hydrogens (tertiary/aromatic N) is 2. The van der Waals surface area contributed by atoms with E-state index in [1.165, 1.54) is 31.9 Å². The van der Waals surface area contributed by atoms with Crippen LogP contribution in [0.2, 0.25) is 0 Å². The molecule has 0 radical (unpaired) electrons. The Balaban J connectivity index is 1.57. The molecule has 3 rings (SSSR count). The summed E-state index contributed by atoms with van der Waals surface area (Å²) in [6.45, 7) is 2.00. The Labute approximate surface area is 126 Å². The molecule has 0 amide bonds. The van der Waals surface area contributed by atoms with Crippen molar-refractivity contribution < 1.29 is 8.42 Å². The van der Waals surface area contributed by atoms with E-state index >= 15 is 0 Å². The Kier molecular flexibility index (Phi) is 4.33. The molecule has 1 aromatic heterocycles. The van der Waals surface area contributed by atoms with Gasteiger partial charge in [-0.05, 0) is 44.1 Å². The molecule has 2 aliphatic carbocycles. The van der Waals surface area contributed by atoms with Crippen molar-refractivity contribution in [2.75, 3.05) is 20.1 Å². The third kappa shape index (κ3) is 3.30. The van der Waals surface area contributed by atoms with Crippen LogP contribution >= 0.6 is 0 Å². The lowest BCUT2D eigenvalue weighted by Gasteiger charge is -2.21. The number of fused-ring (bicyclic) bond motifs is 2. The van der Waals surface area contributed by atoms with Gasteiger partial charge in [-0.2, -0.15) is 5.10 Å². The molecule has 2 aliphatic rings. The van der Waals surface area contributed by atoms with Crippen molar-refractivity contribution >= 4 is 10.0 Å². The summed E-state index contributed by atoms with van der Waals surface area (Å²) in [5, 5.41) is 7.11. The van der Waals surface area contributed by atoms with Crippen molar-refractivity contribution in [1.82, 2.24) is 19.8 Å². The lowest BCUT2D eigenvalue weighted by molar-refractivity contribution is 0.333. The monoisotopic (exact) mass is 312 g/mol. The standard InChI is InChI=1S/C14H24N4O2S/c1-15-4-5-18-10-14(9-16-18)21(19,20)17-8-13-7-11-2-3-12(13)6-11/h9-13,15,17H,2-8H2,1H3. The highest BCUT2D eigenvalue weighted by Crippen LogP contribution is 2.48. The molecule has 0 spiro atoms. The predicted octanol–water partition coefficient (Wildman–Crippen LogP) is 0.817. The van der Waals surface area contributed by atoms with Gasteiger partial charge in [0.2, 0.25) is 10.0 Å². The molecule has 0 aliphatic heterocycles. The van der Waals surface area contributed by atoms with E-state index in [0.29, 0.717) is 19.0 Å². The first-order valence-corrected chi connectivity index (χ1v) is 9.23. The van der Waals surface area contributed by atoms with E-state index in [9.17, 15) is 8.42 Å². The minimum absolute atomic E-state index is 0.266. The topological polar surface area (TPSA) is 76.0 Å². The summed E-state index contributed by atoms with van der Waals surface area (Å²) in [5.41, 5.74) is 0. The lowest BCUT2D eigenvalue weighted by Crippen LogP contribution is -2.31. The summed E-state index contributed by atoms with van der Waals surface area (Å²) in [5.74, 6) is 2.10. The average Bonchev–Trinajstić information content (AvgIpc) is 3.18. The van der Waals surface area contributed by atoms with Crippen LogP contribution in [-0.4, -0.2) is 38.3 Å². The first kappa shape index (κ1) is 15.0. The Hall–Kier alpha value is -0.920. The van der Waals surface area contributed by atoms with Gasteiger partial charge in [0.1, 0.15) is 4.90 Å². The second-order valence-electron chi connectivity index (χ2n) is 6.33. The summed E-state index contributed by atoms with van der Waals surface area (Å²) in [4.78, 5) is 0.266. The van der Waals surface area contributed by atoms with Crippen LogP contribution in [0.5, 0.6) is 0 Å². The molecule has 1 aromatic rings. The van der Waals surface area contributed by atoms with Gasteiger partial charge in [-0.25, -0.2) is 13.1 Å². The number of hydrogen-bond donors (Lipinski definition) is 2. The van der Waals surface area contributed by atoms with E-state index in [4.69, 9.17) is 0 Å². The maximum Gasteiger partial charge on any atom is 0.243 e. The molecule has 21 heavy (non-hydrogen) atoms. The Bertz CT molecular complexity index is 584. The molecule has 2 saturated carbocycles. The summed E-state index contributed by atoms with van der Waals surface area (Å²) < 4.78 is 29.0. The van der Waals surface area contributed by atoms with Gasteiger partial charge >= 0.3 is 0 Å². The van der Waals surface area contributed by atoms with Gasteiger partial charge in [0.25, 0.3) is 0 Å². The molecule has 118 valence electrons. The Morgan fingerprint density at radius 1 is 1.38 bits per heavy atom. The van der Waals surface area contributed by atoms with Gasteiger partial charge in [-0.1, -0.05) is 6.42 Å². The molecule has 6 nitrogen and oxygen atoms in total. The van der Waals surface area contributed by atoms with Crippen molar-refractivity contribution in [2.24, 2.45) is 17.8 Å².